The molecule has 1 fully saturated rings. The molecule has 21 heavy (non-hydrogen) atoms. The molecule has 1 saturated heterocycles. The van der Waals surface area contributed by atoms with E-state index in [1.54, 1.807) is 4.68 Å². The van der Waals surface area contributed by atoms with Gasteiger partial charge in [0.25, 0.3) is 0 Å². The van der Waals surface area contributed by atoms with Crippen LogP contribution in [-0.2, 0) is 11.3 Å². The van der Waals surface area contributed by atoms with Gasteiger partial charge in [0.05, 0.1) is 7.11 Å². The summed E-state index contributed by atoms with van der Waals surface area (Å²) in [6, 6.07) is 0.260. The molecule has 1 aliphatic heterocycles. The number of anilines is 2. The monoisotopic (exact) mass is 295 g/mol. The molecular weight excluding hydrogens is 270 g/mol. The minimum absolute atomic E-state index is 0.260. The van der Waals surface area contributed by atoms with Crippen LogP contribution in [0, 0.1) is 0 Å². The van der Waals surface area contributed by atoms with Gasteiger partial charge < -0.3 is 21.1 Å². The van der Waals surface area contributed by atoms with Gasteiger partial charge in [-0.15, -0.1) is 0 Å². The van der Waals surface area contributed by atoms with E-state index >= 15 is 0 Å². The first-order valence-electron chi connectivity index (χ1n) is 7.59. The first kappa shape index (κ1) is 15.6. The van der Waals surface area contributed by atoms with Crippen molar-refractivity contribution in [1.29, 1.82) is 0 Å². The third kappa shape index (κ3) is 3.66. The summed E-state index contributed by atoms with van der Waals surface area (Å²) in [4.78, 5) is 12.0. The molecule has 1 unspecified atom stereocenters. The van der Waals surface area contributed by atoms with Crippen LogP contribution < -0.4 is 16.4 Å². The molecule has 1 aliphatic rings. The highest BCUT2D eigenvalue weighted by atomic mass is 16.5. The number of hydrogen-bond acceptors (Lipinski definition) is 6. The van der Waals surface area contributed by atoms with Crippen LogP contribution >= 0.6 is 0 Å². The van der Waals surface area contributed by atoms with E-state index in [4.69, 9.17) is 10.5 Å². The van der Waals surface area contributed by atoms with Crippen molar-refractivity contribution in [3.63, 3.8) is 0 Å². The first-order valence-corrected chi connectivity index (χ1v) is 7.59. The number of carbonyl (C=O) groups excluding carboxylic acids is 1. The predicted octanol–water partition coefficient (Wildman–Crippen LogP) is 1.22. The van der Waals surface area contributed by atoms with Crippen LogP contribution in [0.2, 0.25) is 0 Å². The smallest absolute Gasteiger partial charge is 0.345 e. The first-order chi connectivity index (χ1) is 10.2. The summed E-state index contributed by atoms with van der Waals surface area (Å²) in [5, 5.41) is 11.1. The lowest BCUT2D eigenvalue weighted by atomic mass is 10.1. The Bertz CT molecular complexity index is 480. The average molecular weight is 295 g/mol. The van der Waals surface area contributed by atoms with E-state index in [1.165, 1.54) is 7.11 Å². The van der Waals surface area contributed by atoms with Crippen LogP contribution in [0.3, 0.4) is 0 Å². The molecule has 0 saturated carbocycles. The van der Waals surface area contributed by atoms with Crippen molar-refractivity contribution in [2.75, 3.05) is 31.2 Å². The molecule has 0 aliphatic carbocycles. The normalized spacial score (nSPS) is 18.5. The number of rotatable bonds is 6. The van der Waals surface area contributed by atoms with Gasteiger partial charge in [-0.05, 0) is 25.8 Å². The predicted molar refractivity (Wildman–Crippen MR) is 82.4 cm³/mol. The number of aryl methyl sites for hydroxylation is 1. The number of unbranched alkanes of at least 4 members (excludes halogenated alkanes) is 1. The Morgan fingerprint density at radius 3 is 3.05 bits per heavy atom. The molecule has 0 spiro atoms. The lowest BCUT2D eigenvalue weighted by molar-refractivity contribution is 0.0603. The van der Waals surface area contributed by atoms with Crippen LogP contribution in [0.15, 0.2) is 0 Å². The van der Waals surface area contributed by atoms with Crippen molar-refractivity contribution in [3.8, 4) is 0 Å². The topological polar surface area (TPSA) is 94.2 Å². The number of ether oxygens (including phenoxy) is 1. The summed E-state index contributed by atoms with van der Waals surface area (Å²) < 4.78 is 6.53. The number of aromatic nitrogens is 2. The zero-order chi connectivity index (χ0) is 15.2. The minimum atomic E-state index is -0.443. The number of nitrogens with zero attached hydrogens (tertiary/aromatic N) is 2. The van der Waals surface area contributed by atoms with Gasteiger partial charge in [-0.2, -0.15) is 5.10 Å². The molecule has 1 aromatic heterocycles. The van der Waals surface area contributed by atoms with Gasteiger partial charge in [0.2, 0.25) is 0 Å². The van der Waals surface area contributed by atoms with Crippen molar-refractivity contribution < 1.29 is 9.53 Å². The van der Waals surface area contributed by atoms with Gasteiger partial charge in [-0.25, -0.2) is 9.48 Å². The lowest BCUT2D eigenvalue weighted by Crippen LogP contribution is -2.38. The van der Waals surface area contributed by atoms with E-state index in [-0.39, 0.29) is 6.04 Å². The number of hydrogen-bond donors (Lipinski definition) is 3. The quantitative estimate of drug-likeness (QED) is 0.683. The van der Waals surface area contributed by atoms with E-state index in [0.29, 0.717) is 23.7 Å². The van der Waals surface area contributed by atoms with Gasteiger partial charge in [0, 0.05) is 19.1 Å². The summed E-state index contributed by atoms with van der Waals surface area (Å²) in [6.45, 7) is 4.71. The molecule has 7 heteroatoms. The van der Waals surface area contributed by atoms with Gasteiger partial charge >= 0.3 is 5.97 Å². The van der Waals surface area contributed by atoms with E-state index in [9.17, 15) is 4.79 Å². The van der Waals surface area contributed by atoms with Crippen molar-refractivity contribution in [2.45, 2.75) is 45.2 Å². The maximum absolute atomic E-state index is 12.0. The van der Waals surface area contributed by atoms with Gasteiger partial charge in [0.15, 0.2) is 5.82 Å². The van der Waals surface area contributed by atoms with Crippen molar-refractivity contribution >= 4 is 17.6 Å². The Morgan fingerprint density at radius 2 is 2.43 bits per heavy atom. The standard InChI is InChI=1S/C14H25N5O2/c1-3-4-8-19-12(15)11(14(20)21-2)13(18-19)17-10-6-5-7-16-9-10/h10,16H,3-9,15H2,1-2H3,(H,17,18). The molecule has 118 valence electrons. The van der Waals surface area contributed by atoms with Crippen molar-refractivity contribution in [3.05, 3.63) is 5.56 Å². The fourth-order valence-electron chi connectivity index (χ4n) is 2.53. The summed E-state index contributed by atoms with van der Waals surface area (Å²) in [5.41, 5.74) is 6.42. The largest absolute Gasteiger partial charge is 0.465 e. The number of carbonyl (C=O) groups is 1. The molecule has 1 aromatic rings. The number of piperidine rings is 1. The van der Waals surface area contributed by atoms with E-state index in [2.05, 4.69) is 22.7 Å². The van der Waals surface area contributed by atoms with Gasteiger partial charge in [-0.1, -0.05) is 13.3 Å². The highest BCUT2D eigenvalue weighted by Gasteiger charge is 2.25. The number of esters is 1. The zero-order valence-corrected chi connectivity index (χ0v) is 12.8. The second-order valence-electron chi connectivity index (χ2n) is 5.36. The molecule has 2 rings (SSSR count). The fraction of sp³-hybridized carbons (Fsp3) is 0.714. The molecule has 4 N–H and O–H groups in total. The second-order valence-corrected chi connectivity index (χ2v) is 5.36. The fourth-order valence-corrected chi connectivity index (χ4v) is 2.53. The van der Waals surface area contributed by atoms with Crippen LogP contribution in [0.1, 0.15) is 43.0 Å². The molecule has 1 atom stereocenters. The minimum Gasteiger partial charge on any atom is -0.465 e. The third-order valence-corrected chi connectivity index (χ3v) is 3.74. The summed E-state index contributed by atoms with van der Waals surface area (Å²) in [6.07, 6.45) is 4.17. The average Bonchev–Trinajstić information content (AvgIpc) is 2.81. The highest BCUT2D eigenvalue weighted by molar-refractivity contribution is 5.99. The Hall–Kier alpha value is -1.76. The van der Waals surface area contributed by atoms with Gasteiger partial charge in [-0.3, -0.25) is 0 Å². The number of nitrogen functional groups attached to an aromatic ring is 1. The molecule has 0 radical (unpaired) electrons. The van der Waals surface area contributed by atoms with E-state index in [0.717, 1.165) is 38.8 Å². The summed E-state index contributed by atoms with van der Waals surface area (Å²) >= 11 is 0. The second kappa shape index (κ2) is 7.31. The Balaban J connectivity index is 2.21. The molecule has 2 heterocycles. The highest BCUT2D eigenvalue weighted by Crippen LogP contribution is 2.24. The van der Waals surface area contributed by atoms with E-state index < -0.39 is 5.97 Å². The SMILES string of the molecule is CCCCn1nc(NC2CCCNC2)c(C(=O)OC)c1N. The third-order valence-electron chi connectivity index (χ3n) is 3.74. The van der Waals surface area contributed by atoms with Crippen LogP contribution in [0.5, 0.6) is 0 Å². The van der Waals surface area contributed by atoms with Crippen molar-refractivity contribution in [2.24, 2.45) is 0 Å². The van der Waals surface area contributed by atoms with Gasteiger partial charge in [0.1, 0.15) is 11.4 Å². The van der Waals surface area contributed by atoms with Crippen LogP contribution in [0.4, 0.5) is 11.6 Å². The van der Waals surface area contributed by atoms with E-state index in [1.807, 2.05) is 0 Å². The van der Waals surface area contributed by atoms with Crippen molar-refractivity contribution in [1.82, 2.24) is 15.1 Å². The molecule has 0 bridgehead atoms. The van der Waals surface area contributed by atoms with Crippen LogP contribution in [-0.4, -0.2) is 42.0 Å². The number of methoxy groups -OCH3 is 1. The maximum atomic E-state index is 12.0. The Morgan fingerprint density at radius 1 is 1.62 bits per heavy atom. The number of nitrogens with one attached hydrogen (secondary N) is 2. The Labute approximate surface area is 125 Å². The number of nitrogens with two attached hydrogens (primary N) is 1. The Kier molecular flexibility index (Phi) is 5.44. The molecule has 7 nitrogen and oxygen atoms in total. The molecule has 0 amide bonds. The summed E-state index contributed by atoms with van der Waals surface area (Å²) in [7, 11) is 1.36. The maximum Gasteiger partial charge on any atom is 0.345 e. The zero-order valence-electron chi connectivity index (χ0n) is 12.8. The molecule has 0 aromatic carbocycles. The lowest BCUT2D eigenvalue weighted by Gasteiger charge is -2.23. The van der Waals surface area contributed by atoms with Crippen LogP contribution in [0.25, 0.3) is 0 Å². The molecular formula is C14H25N5O2. The summed E-state index contributed by atoms with van der Waals surface area (Å²) in [5.74, 6) is 0.465.